The number of carbonyl (C=O) groups is 2. The fourth-order valence-electron chi connectivity index (χ4n) is 3.20. The van der Waals surface area contributed by atoms with Gasteiger partial charge in [0.2, 0.25) is 0 Å². The van der Waals surface area contributed by atoms with Gasteiger partial charge < -0.3 is 10.2 Å². The van der Waals surface area contributed by atoms with Crippen LogP contribution in [0.4, 0.5) is 0 Å². The van der Waals surface area contributed by atoms with Gasteiger partial charge in [-0.15, -0.1) is 0 Å². The molecule has 110 valence electrons. The molecule has 0 aromatic rings. The van der Waals surface area contributed by atoms with Gasteiger partial charge in [-0.3, -0.25) is 14.5 Å². The van der Waals surface area contributed by atoms with Crippen molar-refractivity contribution < 1.29 is 19.8 Å². The van der Waals surface area contributed by atoms with E-state index in [0.717, 1.165) is 25.7 Å². The Balaban J connectivity index is 2.89. The Bertz CT molecular complexity index is 319. The summed E-state index contributed by atoms with van der Waals surface area (Å²) in [6, 6.07) is 0.0564. The third kappa shape index (κ3) is 4.82. The summed E-state index contributed by atoms with van der Waals surface area (Å²) in [6.07, 6.45) is 4.13. The van der Waals surface area contributed by atoms with E-state index >= 15 is 0 Å². The molecule has 2 unspecified atom stereocenters. The Morgan fingerprint density at radius 3 is 1.95 bits per heavy atom. The van der Waals surface area contributed by atoms with Crippen molar-refractivity contribution in [3.63, 3.8) is 0 Å². The maximum absolute atomic E-state index is 11.0. The van der Waals surface area contributed by atoms with Crippen LogP contribution in [0, 0.1) is 11.3 Å². The first kappa shape index (κ1) is 16.0. The van der Waals surface area contributed by atoms with Gasteiger partial charge in [0.25, 0.3) is 0 Å². The van der Waals surface area contributed by atoms with Gasteiger partial charge in [-0.05, 0) is 24.2 Å². The molecule has 5 heteroatoms. The van der Waals surface area contributed by atoms with Gasteiger partial charge >= 0.3 is 11.9 Å². The van der Waals surface area contributed by atoms with Gasteiger partial charge in [0.05, 0.1) is 13.1 Å². The molecule has 1 rings (SSSR count). The number of aliphatic carboxylic acids is 2. The van der Waals surface area contributed by atoms with Crippen molar-refractivity contribution in [3.8, 4) is 0 Å². The lowest BCUT2D eigenvalue weighted by Crippen LogP contribution is -2.50. The van der Waals surface area contributed by atoms with E-state index in [1.807, 2.05) is 0 Å². The van der Waals surface area contributed by atoms with Crippen molar-refractivity contribution in [2.75, 3.05) is 13.1 Å². The van der Waals surface area contributed by atoms with Crippen LogP contribution in [0.15, 0.2) is 0 Å². The first-order chi connectivity index (χ1) is 8.71. The highest BCUT2D eigenvalue weighted by Gasteiger charge is 2.38. The lowest BCUT2D eigenvalue weighted by Gasteiger charge is -2.45. The van der Waals surface area contributed by atoms with Crippen LogP contribution >= 0.6 is 0 Å². The lowest BCUT2D eigenvalue weighted by atomic mass is 9.69. The van der Waals surface area contributed by atoms with Gasteiger partial charge in [0.15, 0.2) is 0 Å². The van der Waals surface area contributed by atoms with Gasteiger partial charge in [-0.25, -0.2) is 0 Å². The number of rotatable bonds is 5. The number of nitrogens with zero attached hydrogens (tertiary/aromatic N) is 1. The summed E-state index contributed by atoms with van der Waals surface area (Å²) in [5, 5.41) is 18.0. The first-order valence-corrected chi connectivity index (χ1v) is 6.89. The molecule has 0 aromatic heterocycles. The predicted octanol–water partition coefficient (Wildman–Crippen LogP) is 2.06. The van der Waals surface area contributed by atoms with Gasteiger partial charge in [0, 0.05) is 6.04 Å². The SMILES string of the molecule is CC(C)(C)C1CCCCC1N(CC(=O)O)CC(=O)O. The van der Waals surface area contributed by atoms with E-state index in [1.165, 1.54) is 0 Å². The molecule has 2 N–H and O–H groups in total. The Kier molecular flexibility index (Phi) is 5.35. The maximum atomic E-state index is 11.0. The van der Waals surface area contributed by atoms with E-state index in [9.17, 15) is 9.59 Å². The molecule has 0 spiro atoms. The number of carboxylic acids is 2. The topological polar surface area (TPSA) is 77.8 Å². The monoisotopic (exact) mass is 271 g/mol. The summed E-state index contributed by atoms with van der Waals surface area (Å²) >= 11 is 0. The summed E-state index contributed by atoms with van der Waals surface area (Å²) in [7, 11) is 0. The van der Waals surface area contributed by atoms with Crippen LogP contribution in [-0.4, -0.2) is 46.2 Å². The molecule has 0 heterocycles. The first-order valence-electron chi connectivity index (χ1n) is 6.89. The molecule has 5 nitrogen and oxygen atoms in total. The van der Waals surface area contributed by atoms with Crippen LogP contribution < -0.4 is 0 Å². The van der Waals surface area contributed by atoms with Crippen LogP contribution in [-0.2, 0) is 9.59 Å². The molecule has 0 saturated heterocycles. The number of hydrogen-bond donors (Lipinski definition) is 2. The molecular formula is C14H25NO4. The molecular weight excluding hydrogens is 246 g/mol. The van der Waals surface area contributed by atoms with Crippen molar-refractivity contribution in [1.82, 2.24) is 4.90 Å². The Labute approximate surface area is 114 Å². The van der Waals surface area contributed by atoms with Gasteiger partial charge in [-0.2, -0.15) is 0 Å². The highest BCUT2D eigenvalue weighted by Crippen LogP contribution is 2.40. The van der Waals surface area contributed by atoms with E-state index < -0.39 is 11.9 Å². The lowest BCUT2D eigenvalue weighted by molar-refractivity contribution is -0.144. The Morgan fingerprint density at radius 1 is 1.05 bits per heavy atom. The van der Waals surface area contributed by atoms with Crippen molar-refractivity contribution in [2.45, 2.75) is 52.5 Å². The zero-order valence-electron chi connectivity index (χ0n) is 12.1. The Morgan fingerprint density at radius 2 is 1.53 bits per heavy atom. The third-order valence-corrected chi connectivity index (χ3v) is 3.99. The minimum Gasteiger partial charge on any atom is -0.480 e. The molecule has 0 bridgehead atoms. The summed E-state index contributed by atoms with van der Waals surface area (Å²) in [5.41, 5.74) is 0.0698. The largest absolute Gasteiger partial charge is 0.480 e. The quantitative estimate of drug-likeness (QED) is 0.800. The third-order valence-electron chi connectivity index (χ3n) is 3.99. The van der Waals surface area contributed by atoms with E-state index in [-0.39, 0.29) is 24.5 Å². The summed E-state index contributed by atoms with van der Waals surface area (Å²) in [5.74, 6) is -1.57. The summed E-state index contributed by atoms with van der Waals surface area (Å²) in [6.45, 7) is 6.06. The second-order valence-electron chi connectivity index (χ2n) is 6.52. The van der Waals surface area contributed by atoms with Crippen LogP contribution in [0.3, 0.4) is 0 Å². The van der Waals surface area contributed by atoms with Crippen molar-refractivity contribution in [1.29, 1.82) is 0 Å². The predicted molar refractivity (Wildman–Crippen MR) is 72.0 cm³/mol. The van der Waals surface area contributed by atoms with Crippen LogP contribution in [0.2, 0.25) is 0 Å². The molecule has 1 fully saturated rings. The van der Waals surface area contributed by atoms with E-state index in [0.29, 0.717) is 5.92 Å². The summed E-state index contributed by atoms with van der Waals surface area (Å²) in [4.78, 5) is 23.5. The molecule has 1 aliphatic carbocycles. The zero-order chi connectivity index (χ0) is 14.6. The van der Waals surface area contributed by atoms with Crippen molar-refractivity contribution >= 4 is 11.9 Å². The molecule has 0 aromatic carbocycles. The van der Waals surface area contributed by atoms with Gasteiger partial charge in [0.1, 0.15) is 0 Å². The van der Waals surface area contributed by atoms with Crippen molar-refractivity contribution in [2.24, 2.45) is 11.3 Å². The van der Waals surface area contributed by atoms with E-state index in [2.05, 4.69) is 20.8 Å². The van der Waals surface area contributed by atoms with Crippen LogP contribution in [0.1, 0.15) is 46.5 Å². The molecule has 1 saturated carbocycles. The fraction of sp³-hybridized carbons (Fsp3) is 0.857. The molecule has 0 amide bonds. The minimum atomic E-state index is -0.959. The average Bonchev–Trinajstić information content (AvgIpc) is 2.25. The smallest absolute Gasteiger partial charge is 0.317 e. The van der Waals surface area contributed by atoms with E-state index in [1.54, 1.807) is 4.90 Å². The second kappa shape index (κ2) is 6.37. The highest BCUT2D eigenvalue weighted by atomic mass is 16.4. The van der Waals surface area contributed by atoms with E-state index in [4.69, 9.17) is 10.2 Å². The normalized spacial score (nSPS) is 24.4. The van der Waals surface area contributed by atoms with Crippen molar-refractivity contribution in [3.05, 3.63) is 0 Å². The molecule has 19 heavy (non-hydrogen) atoms. The number of carboxylic acid groups (broad SMARTS) is 2. The summed E-state index contributed by atoms with van der Waals surface area (Å²) < 4.78 is 0. The highest BCUT2D eigenvalue weighted by molar-refractivity contribution is 5.72. The minimum absolute atomic E-state index is 0.0564. The molecule has 0 aliphatic heterocycles. The molecule has 2 atom stereocenters. The van der Waals surface area contributed by atoms with Crippen LogP contribution in [0.5, 0.6) is 0 Å². The van der Waals surface area contributed by atoms with Crippen LogP contribution in [0.25, 0.3) is 0 Å². The zero-order valence-corrected chi connectivity index (χ0v) is 12.1. The molecule has 1 aliphatic rings. The Hall–Kier alpha value is -1.10. The van der Waals surface area contributed by atoms with Gasteiger partial charge in [-0.1, -0.05) is 33.6 Å². The number of hydrogen-bond acceptors (Lipinski definition) is 3. The molecule has 0 radical (unpaired) electrons. The fourth-order valence-corrected chi connectivity index (χ4v) is 3.20. The maximum Gasteiger partial charge on any atom is 0.317 e. The second-order valence-corrected chi connectivity index (χ2v) is 6.52. The standard InChI is InChI=1S/C14H25NO4/c1-14(2,3)10-6-4-5-7-11(10)15(8-12(16)17)9-13(18)19/h10-11H,4-9H2,1-3H3,(H,16,17)(H,18,19). The average molecular weight is 271 g/mol.